The number of hydrogen-bond acceptors (Lipinski definition) is 3. The second-order valence-electron chi connectivity index (χ2n) is 7.22. The Morgan fingerprint density at radius 1 is 1.17 bits per heavy atom. The van der Waals surface area contributed by atoms with Gasteiger partial charge in [-0.1, -0.05) is 43.6 Å². The molecule has 2 N–H and O–H groups in total. The molecule has 1 atom stereocenters. The van der Waals surface area contributed by atoms with Crippen LogP contribution in [0.1, 0.15) is 41.9 Å². The van der Waals surface area contributed by atoms with Crippen molar-refractivity contribution in [3.8, 4) is 5.69 Å². The van der Waals surface area contributed by atoms with Crippen molar-refractivity contribution >= 4 is 29.1 Å². The normalized spacial score (nSPS) is 11.7. The molecular formula is C23H25ClN4O2. The van der Waals surface area contributed by atoms with Gasteiger partial charge in [-0.05, 0) is 49.2 Å². The average Bonchev–Trinajstić information content (AvgIpc) is 3.13. The zero-order valence-corrected chi connectivity index (χ0v) is 18.0. The van der Waals surface area contributed by atoms with Crippen LogP contribution in [-0.4, -0.2) is 21.6 Å². The minimum absolute atomic E-state index is 0.0114. The molecule has 0 radical (unpaired) electrons. The minimum atomic E-state index is -0.213. The van der Waals surface area contributed by atoms with Gasteiger partial charge in [0, 0.05) is 23.2 Å². The summed E-state index contributed by atoms with van der Waals surface area (Å²) in [6.45, 7) is 6.06. The molecule has 7 heteroatoms. The number of benzene rings is 2. The second-order valence-corrected chi connectivity index (χ2v) is 7.65. The van der Waals surface area contributed by atoms with Crippen LogP contribution in [0.2, 0.25) is 5.02 Å². The van der Waals surface area contributed by atoms with Gasteiger partial charge in [0.2, 0.25) is 5.91 Å². The van der Waals surface area contributed by atoms with E-state index < -0.39 is 0 Å². The monoisotopic (exact) mass is 424 g/mol. The van der Waals surface area contributed by atoms with E-state index in [1.54, 1.807) is 23.0 Å². The van der Waals surface area contributed by atoms with Crippen molar-refractivity contribution in [2.45, 2.75) is 33.7 Å². The van der Waals surface area contributed by atoms with Crippen LogP contribution in [0.5, 0.6) is 0 Å². The third-order valence-corrected chi connectivity index (χ3v) is 5.25. The minimum Gasteiger partial charge on any atom is -0.348 e. The first-order valence-corrected chi connectivity index (χ1v) is 10.3. The molecule has 0 bridgehead atoms. The summed E-state index contributed by atoms with van der Waals surface area (Å²) in [5.74, 6) is -0.273. The standard InChI is InChI=1S/C23H25ClN4O2/c1-4-15(2)22(29)27-19-9-5-7-17(11-19)13-25-23(30)21-14-26-28(16(21)3)20-10-6-8-18(24)12-20/h5-12,14-15H,4,13H2,1-3H3,(H,25,30)(H,27,29). The van der Waals surface area contributed by atoms with Crippen LogP contribution in [0.4, 0.5) is 5.69 Å². The molecule has 6 nitrogen and oxygen atoms in total. The Hall–Kier alpha value is -3.12. The van der Waals surface area contributed by atoms with E-state index in [2.05, 4.69) is 15.7 Å². The lowest BCUT2D eigenvalue weighted by molar-refractivity contribution is -0.119. The van der Waals surface area contributed by atoms with Crippen molar-refractivity contribution in [1.82, 2.24) is 15.1 Å². The van der Waals surface area contributed by atoms with Crippen LogP contribution in [0.25, 0.3) is 5.69 Å². The lowest BCUT2D eigenvalue weighted by atomic mass is 10.1. The maximum absolute atomic E-state index is 12.7. The fourth-order valence-corrected chi connectivity index (χ4v) is 3.17. The van der Waals surface area contributed by atoms with Crippen molar-refractivity contribution in [2.75, 3.05) is 5.32 Å². The number of nitrogens with one attached hydrogen (secondary N) is 2. The first-order chi connectivity index (χ1) is 14.4. The maximum atomic E-state index is 12.7. The number of nitrogens with zero attached hydrogens (tertiary/aromatic N) is 2. The van der Waals surface area contributed by atoms with Gasteiger partial charge in [-0.2, -0.15) is 5.10 Å². The fourth-order valence-electron chi connectivity index (χ4n) is 2.99. The molecule has 2 aromatic carbocycles. The lowest BCUT2D eigenvalue weighted by Gasteiger charge is -2.11. The summed E-state index contributed by atoms with van der Waals surface area (Å²) in [5.41, 5.74) is 3.63. The van der Waals surface area contributed by atoms with Gasteiger partial charge in [-0.3, -0.25) is 9.59 Å². The van der Waals surface area contributed by atoms with Crippen LogP contribution in [0, 0.1) is 12.8 Å². The molecule has 0 aliphatic heterocycles. The topological polar surface area (TPSA) is 76.0 Å². The van der Waals surface area contributed by atoms with Gasteiger partial charge in [0.05, 0.1) is 23.1 Å². The molecule has 1 heterocycles. The Kier molecular flexibility index (Phi) is 6.90. The largest absolute Gasteiger partial charge is 0.348 e. The van der Waals surface area contributed by atoms with Crippen LogP contribution >= 0.6 is 11.6 Å². The van der Waals surface area contributed by atoms with Crippen molar-refractivity contribution < 1.29 is 9.59 Å². The fraction of sp³-hybridized carbons (Fsp3) is 0.261. The summed E-state index contributed by atoms with van der Waals surface area (Å²) in [6, 6.07) is 14.8. The molecule has 1 aromatic heterocycles. The SMILES string of the molecule is CCC(C)C(=O)Nc1cccc(CNC(=O)c2cnn(-c3cccc(Cl)c3)c2C)c1. The number of carbonyl (C=O) groups is 2. The number of carbonyl (C=O) groups excluding carboxylic acids is 2. The molecule has 156 valence electrons. The first kappa shape index (κ1) is 21.6. The molecule has 0 saturated carbocycles. The highest BCUT2D eigenvalue weighted by molar-refractivity contribution is 6.30. The molecule has 1 unspecified atom stereocenters. The molecule has 0 fully saturated rings. The van der Waals surface area contributed by atoms with Gasteiger partial charge in [-0.15, -0.1) is 0 Å². The molecule has 0 aliphatic rings. The highest BCUT2D eigenvalue weighted by atomic mass is 35.5. The number of hydrogen-bond donors (Lipinski definition) is 2. The van der Waals surface area contributed by atoms with Gasteiger partial charge in [-0.25, -0.2) is 4.68 Å². The van der Waals surface area contributed by atoms with Crippen LogP contribution in [0.15, 0.2) is 54.7 Å². The van der Waals surface area contributed by atoms with E-state index in [0.717, 1.165) is 29.1 Å². The zero-order valence-electron chi connectivity index (χ0n) is 17.3. The van der Waals surface area contributed by atoms with Gasteiger partial charge in [0.25, 0.3) is 5.91 Å². The Balaban J connectivity index is 1.67. The summed E-state index contributed by atoms with van der Waals surface area (Å²) in [7, 11) is 0. The molecule has 30 heavy (non-hydrogen) atoms. The highest BCUT2D eigenvalue weighted by Gasteiger charge is 2.15. The van der Waals surface area contributed by atoms with Gasteiger partial charge >= 0.3 is 0 Å². The molecular weight excluding hydrogens is 400 g/mol. The third-order valence-electron chi connectivity index (χ3n) is 5.01. The van der Waals surface area contributed by atoms with Crippen LogP contribution < -0.4 is 10.6 Å². The Labute approximate surface area is 181 Å². The van der Waals surface area contributed by atoms with E-state index in [0.29, 0.717) is 17.1 Å². The first-order valence-electron chi connectivity index (χ1n) is 9.87. The van der Waals surface area contributed by atoms with Crippen molar-refractivity contribution in [3.05, 3.63) is 76.6 Å². The van der Waals surface area contributed by atoms with Gasteiger partial charge in [0.15, 0.2) is 0 Å². The lowest BCUT2D eigenvalue weighted by Crippen LogP contribution is -2.23. The summed E-state index contributed by atoms with van der Waals surface area (Å²) >= 11 is 6.06. The number of amides is 2. The summed E-state index contributed by atoms with van der Waals surface area (Å²) in [4.78, 5) is 24.8. The molecule has 3 rings (SSSR count). The molecule has 2 amide bonds. The number of anilines is 1. The van der Waals surface area contributed by atoms with Crippen LogP contribution in [0.3, 0.4) is 0 Å². The van der Waals surface area contributed by atoms with E-state index in [-0.39, 0.29) is 17.7 Å². The Bertz CT molecular complexity index is 1060. The van der Waals surface area contributed by atoms with E-state index in [1.807, 2.05) is 57.2 Å². The number of halogens is 1. The van der Waals surface area contributed by atoms with Crippen LogP contribution in [-0.2, 0) is 11.3 Å². The van der Waals surface area contributed by atoms with Crippen molar-refractivity contribution in [2.24, 2.45) is 5.92 Å². The molecule has 0 spiro atoms. The maximum Gasteiger partial charge on any atom is 0.255 e. The summed E-state index contributed by atoms with van der Waals surface area (Å²) in [6.07, 6.45) is 2.33. The molecule has 0 saturated heterocycles. The van der Waals surface area contributed by atoms with E-state index in [1.165, 1.54) is 0 Å². The summed E-state index contributed by atoms with van der Waals surface area (Å²) in [5, 5.41) is 10.8. The smallest absolute Gasteiger partial charge is 0.255 e. The van der Waals surface area contributed by atoms with E-state index >= 15 is 0 Å². The van der Waals surface area contributed by atoms with E-state index in [9.17, 15) is 9.59 Å². The predicted molar refractivity (Wildman–Crippen MR) is 119 cm³/mol. The highest BCUT2D eigenvalue weighted by Crippen LogP contribution is 2.18. The van der Waals surface area contributed by atoms with Crippen molar-refractivity contribution in [1.29, 1.82) is 0 Å². The third kappa shape index (κ3) is 5.07. The zero-order chi connectivity index (χ0) is 21.7. The number of rotatable bonds is 7. The second kappa shape index (κ2) is 9.59. The number of aromatic nitrogens is 2. The summed E-state index contributed by atoms with van der Waals surface area (Å²) < 4.78 is 1.69. The Morgan fingerprint density at radius 3 is 2.67 bits per heavy atom. The average molecular weight is 425 g/mol. The quantitative estimate of drug-likeness (QED) is 0.574. The molecule has 0 aliphatic carbocycles. The Morgan fingerprint density at radius 2 is 1.93 bits per heavy atom. The van der Waals surface area contributed by atoms with Crippen molar-refractivity contribution in [3.63, 3.8) is 0 Å². The predicted octanol–water partition coefficient (Wildman–Crippen LogP) is 4.75. The van der Waals surface area contributed by atoms with Gasteiger partial charge < -0.3 is 10.6 Å². The molecule has 3 aromatic rings. The van der Waals surface area contributed by atoms with E-state index in [4.69, 9.17) is 11.6 Å². The van der Waals surface area contributed by atoms with Gasteiger partial charge in [0.1, 0.15) is 0 Å².